The Bertz CT molecular complexity index is 372. The Balaban J connectivity index is 1.90. The van der Waals surface area contributed by atoms with E-state index in [1.807, 2.05) is 23.9 Å². The molecule has 0 bridgehead atoms. The summed E-state index contributed by atoms with van der Waals surface area (Å²) in [6, 6.07) is 0.224. The maximum atomic E-state index is 12.5. The smallest absolute Gasteiger partial charge is 0.228 e. The molecule has 0 aromatic carbocycles. The zero-order valence-electron chi connectivity index (χ0n) is 12.8. The Morgan fingerprint density at radius 1 is 1.45 bits per heavy atom. The van der Waals surface area contributed by atoms with Gasteiger partial charge in [-0.3, -0.25) is 9.59 Å². The van der Waals surface area contributed by atoms with Gasteiger partial charge in [-0.25, -0.2) is 0 Å². The summed E-state index contributed by atoms with van der Waals surface area (Å²) in [5.74, 6) is 0.123. The molecule has 1 N–H and O–H groups in total. The largest absolute Gasteiger partial charge is 0.341 e. The monoisotopic (exact) mass is 282 g/mol. The molecule has 0 unspecified atom stereocenters. The Labute approximate surface area is 121 Å². The van der Waals surface area contributed by atoms with Gasteiger partial charge in [0.15, 0.2) is 0 Å². The summed E-state index contributed by atoms with van der Waals surface area (Å²) in [7, 11) is 3.98. The molecule has 2 amide bonds. The number of piperazine rings is 1. The second-order valence-corrected chi connectivity index (χ2v) is 6.13. The van der Waals surface area contributed by atoms with Crippen molar-refractivity contribution in [1.29, 1.82) is 0 Å². The Hall–Kier alpha value is -1.14. The van der Waals surface area contributed by atoms with Crippen LogP contribution >= 0.6 is 0 Å². The standard InChI is InChI=1S/C14H26N4O2/c1-11-9-15-4-5-18(11)14(20)12-8-13(19)17(10-12)7-6-16(2)3/h11-12,15H,4-10H2,1-3H3/t11-,12-/m1/s1. The minimum atomic E-state index is -0.148. The van der Waals surface area contributed by atoms with Gasteiger partial charge in [-0.1, -0.05) is 0 Å². The van der Waals surface area contributed by atoms with Crippen LogP contribution in [-0.2, 0) is 9.59 Å². The summed E-state index contributed by atoms with van der Waals surface area (Å²) in [6.07, 6.45) is 0.378. The molecule has 0 aromatic heterocycles. The molecule has 6 nitrogen and oxygen atoms in total. The number of carbonyl (C=O) groups is 2. The third-order valence-corrected chi connectivity index (χ3v) is 4.17. The molecule has 0 radical (unpaired) electrons. The highest BCUT2D eigenvalue weighted by Gasteiger charge is 2.37. The van der Waals surface area contributed by atoms with E-state index in [2.05, 4.69) is 17.1 Å². The number of hydrogen-bond donors (Lipinski definition) is 1. The van der Waals surface area contributed by atoms with Gasteiger partial charge in [0.1, 0.15) is 0 Å². The second-order valence-electron chi connectivity index (χ2n) is 6.13. The molecule has 2 fully saturated rings. The van der Waals surface area contributed by atoms with Crippen molar-refractivity contribution in [2.45, 2.75) is 19.4 Å². The maximum absolute atomic E-state index is 12.5. The van der Waals surface area contributed by atoms with Gasteiger partial charge in [0.25, 0.3) is 0 Å². The molecule has 2 atom stereocenters. The van der Waals surface area contributed by atoms with Gasteiger partial charge in [-0.05, 0) is 21.0 Å². The van der Waals surface area contributed by atoms with E-state index in [-0.39, 0.29) is 23.8 Å². The summed E-state index contributed by atoms with van der Waals surface area (Å²) in [4.78, 5) is 30.4. The van der Waals surface area contributed by atoms with Crippen LogP contribution in [0, 0.1) is 5.92 Å². The van der Waals surface area contributed by atoms with Gasteiger partial charge in [-0.2, -0.15) is 0 Å². The summed E-state index contributed by atoms with van der Waals surface area (Å²) < 4.78 is 0. The number of nitrogens with one attached hydrogen (secondary N) is 1. The minimum absolute atomic E-state index is 0.119. The van der Waals surface area contributed by atoms with Gasteiger partial charge >= 0.3 is 0 Å². The van der Waals surface area contributed by atoms with E-state index in [0.29, 0.717) is 19.5 Å². The van der Waals surface area contributed by atoms with Crippen LogP contribution in [0.1, 0.15) is 13.3 Å². The summed E-state index contributed by atoms with van der Waals surface area (Å²) >= 11 is 0. The van der Waals surface area contributed by atoms with Crippen molar-refractivity contribution in [3.05, 3.63) is 0 Å². The number of amides is 2. The van der Waals surface area contributed by atoms with Crippen LogP contribution in [0.2, 0.25) is 0 Å². The number of likely N-dealkylation sites (tertiary alicyclic amines) is 1. The fourth-order valence-electron chi connectivity index (χ4n) is 2.88. The zero-order chi connectivity index (χ0) is 14.7. The quantitative estimate of drug-likeness (QED) is 0.735. The summed E-state index contributed by atoms with van der Waals surface area (Å²) in [6.45, 7) is 6.65. The molecule has 2 aliphatic heterocycles. The lowest BCUT2D eigenvalue weighted by molar-refractivity contribution is -0.138. The number of likely N-dealkylation sites (N-methyl/N-ethyl adjacent to an activating group) is 1. The van der Waals surface area contributed by atoms with E-state index in [4.69, 9.17) is 0 Å². The average molecular weight is 282 g/mol. The van der Waals surface area contributed by atoms with Crippen LogP contribution in [0.25, 0.3) is 0 Å². The van der Waals surface area contributed by atoms with Crippen molar-refractivity contribution in [2.24, 2.45) is 5.92 Å². The van der Waals surface area contributed by atoms with Crippen LogP contribution < -0.4 is 5.32 Å². The Kier molecular flexibility index (Phi) is 4.99. The lowest BCUT2D eigenvalue weighted by Crippen LogP contribution is -2.54. The van der Waals surface area contributed by atoms with Gasteiger partial charge in [-0.15, -0.1) is 0 Å². The van der Waals surface area contributed by atoms with Crippen molar-refractivity contribution in [3.63, 3.8) is 0 Å². The van der Waals surface area contributed by atoms with Crippen molar-refractivity contribution in [2.75, 3.05) is 53.4 Å². The Morgan fingerprint density at radius 2 is 2.20 bits per heavy atom. The molecule has 0 aliphatic carbocycles. The summed E-state index contributed by atoms with van der Waals surface area (Å²) in [5, 5.41) is 3.28. The van der Waals surface area contributed by atoms with E-state index in [1.165, 1.54) is 0 Å². The van der Waals surface area contributed by atoms with Crippen molar-refractivity contribution < 1.29 is 9.59 Å². The van der Waals surface area contributed by atoms with Crippen molar-refractivity contribution >= 4 is 11.8 Å². The molecule has 0 saturated carbocycles. The molecule has 0 spiro atoms. The SMILES string of the molecule is C[C@@H]1CNCCN1C(=O)[C@@H]1CC(=O)N(CCN(C)C)C1. The number of carbonyl (C=O) groups excluding carboxylic acids is 2. The van der Waals surface area contributed by atoms with Gasteiger partial charge in [0.05, 0.1) is 5.92 Å². The van der Waals surface area contributed by atoms with Crippen LogP contribution in [0.4, 0.5) is 0 Å². The number of rotatable bonds is 4. The van der Waals surface area contributed by atoms with Crippen LogP contribution in [-0.4, -0.2) is 85.9 Å². The highest BCUT2D eigenvalue weighted by atomic mass is 16.2. The molecule has 0 aromatic rings. The molecule has 6 heteroatoms. The van der Waals surface area contributed by atoms with Gasteiger partial charge in [0.2, 0.25) is 11.8 Å². The lowest BCUT2D eigenvalue weighted by atomic mass is 10.1. The average Bonchev–Trinajstić information content (AvgIpc) is 2.77. The molecular formula is C14H26N4O2. The number of hydrogen-bond acceptors (Lipinski definition) is 4. The molecule has 20 heavy (non-hydrogen) atoms. The predicted molar refractivity (Wildman–Crippen MR) is 77.3 cm³/mol. The first kappa shape index (κ1) is 15.3. The fourth-order valence-corrected chi connectivity index (χ4v) is 2.88. The third-order valence-electron chi connectivity index (χ3n) is 4.17. The second kappa shape index (κ2) is 6.54. The number of nitrogens with zero attached hydrogens (tertiary/aromatic N) is 3. The van der Waals surface area contributed by atoms with E-state index in [1.54, 1.807) is 0 Å². The first-order valence-electron chi connectivity index (χ1n) is 7.42. The van der Waals surface area contributed by atoms with E-state index >= 15 is 0 Å². The molecular weight excluding hydrogens is 256 g/mol. The van der Waals surface area contributed by atoms with E-state index in [9.17, 15) is 9.59 Å². The predicted octanol–water partition coefficient (Wildman–Crippen LogP) is -0.783. The first-order valence-corrected chi connectivity index (χ1v) is 7.42. The molecule has 2 aliphatic rings. The van der Waals surface area contributed by atoms with Crippen molar-refractivity contribution in [3.8, 4) is 0 Å². The fraction of sp³-hybridized carbons (Fsp3) is 0.857. The van der Waals surface area contributed by atoms with Gasteiger partial charge in [0, 0.05) is 51.7 Å². The van der Waals surface area contributed by atoms with E-state index < -0.39 is 0 Å². The first-order chi connectivity index (χ1) is 9.49. The molecule has 2 saturated heterocycles. The maximum Gasteiger partial charge on any atom is 0.228 e. The van der Waals surface area contributed by atoms with Crippen LogP contribution in [0.3, 0.4) is 0 Å². The topological polar surface area (TPSA) is 55.9 Å². The molecule has 2 rings (SSSR count). The van der Waals surface area contributed by atoms with E-state index in [0.717, 1.165) is 26.2 Å². The highest BCUT2D eigenvalue weighted by Crippen LogP contribution is 2.21. The normalized spacial score (nSPS) is 27.5. The highest BCUT2D eigenvalue weighted by molar-refractivity contribution is 5.89. The molecule has 114 valence electrons. The lowest BCUT2D eigenvalue weighted by Gasteiger charge is -2.35. The van der Waals surface area contributed by atoms with Crippen molar-refractivity contribution in [1.82, 2.24) is 20.0 Å². The van der Waals surface area contributed by atoms with Gasteiger partial charge < -0.3 is 20.0 Å². The third kappa shape index (κ3) is 3.49. The minimum Gasteiger partial charge on any atom is -0.341 e. The Morgan fingerprint density at radius 3 is 2.85 bits per heavy atom. The summed E-state index contributed by atoms with van der Waals surface area (Å²) in [5.41, 5.74) is 0. The zero-order valence-corrected chi connectivity index (χ0v) is 12.8. The molecule has 2 heterocycles. The van der Waals surface area contributed by atoms with Crippen LogP contribution in [0.5, 0.6) is 0 Å². The van der Waals surface area contributed by atoms with Crippen LogP contribution in [0.15, 0.2) is 0 Å².